The second kappa shape index (κ2) is 4.92. The van der Waals surface area contributed by atoms with Crippen molar-refractivity contribution in [3.63, 3.8) is 0 Å². The molecule has 21 heavy (non-hydrogen) atoms. The molecule has 1 fully saturated rings. The van der Waals surface area contributed by atoms with Crippen LogP contribution in [0.25, 0.3) is 10.9 Å². The molecule has 1 N–H and O–H groups in total. The highest BCUT2D eigenvalue weighted by atomic mass is 16.6. The maximum atomic E-state index is 10.9. The molecule has 7 nitrogen and oxygen atoms in total. The predicted octanol–water partition coefficient (Wildman–Crippen LogP) is 1.89. The number of hydrogen-bond acceptors (Lipinski definition) is 6. The van der Waals surface area contributed by atoms with E-state index in [1.807, 2.05) is 11.8 Å². The number of benzene rings is 1. The lowest BCUT2D eigenvalue weighted by Gasteiger charge is -2.47. The van der Waals surface area contributed by atoms with Crippen LogP contribution in [0.4, 0.5) is 11.5 Å². The number of rotatable bonds is 4. The summed E-state index contributed by atoms with van der Waals surface area (Å²) < 4.78 is 0. The van der Waals surface area contributed by atoms with Gasteiger partial charge in [-0.15, -0.1) is 0 Å². The summed E-state index contributed by atoms with van der Waals surface area (Å²) in [4.78, 5) is 20.8. The first-order valence-corrected chi connectivity index (χ1v) is 6.89. The van der Waals surface area contributed by atoms with Crippen molar-refractivity contribution in [3.05, 3.63) is 34.6 Å². The second-order valence-corrected chi connectivity index (χ2v) is 5.49. The van der Waals surface area contributed by atoms with Crippen molar-refractivity contribution < 1.29 is 10.0 Å². The summed E-state index contributed by atoms with van der Waals surface area (Å²) in [5.74, 6) is 0.643. The fraction of sp³-hybridized carbons (Fsp3) is 0.429. The molecule has 0 saturated carbocycles. The molecule has 1 aliphatic rings. The molecule has 0 amide bonds. The molecule has 1 aromatic carbocycles. The number of anilines is 1. The number of nitro benzene ring substituents is 1. The Kier molecular flexibility index (Phi) is 3.21. The van der Waals surface area contributed by atoms with Crippen LogP contribution in [0.2, 0.25) is 0 Å². The zero-order valence-corrected chi connectivity index (χ0v) is 11.7. The number of nitro groups is 1. The zero-order chi connectivity index (χ0) is 15.0. The van der Waals surface area contributed by atoms with Crippen LogP contribution < -0.4 is 4.90 Å². The smallest absolute Gasteiger partial charge is 0.270 e. The van der Waals surface area contributed by atoms with E-state index in [1.165, 1.54) is 18.5 Å². The molecule has 0 bridgehead atoms. The van der Waals surface area contributed by atoms with E-state index in [2.05, 4.69) is 9.97 Å². The quantitative estimate of drug-likeness (QED) is 0.682. The van der Waals surface area contributed by atoms with Crippen LogP contribution >= 0.6 is 0 Å². The first-order chi connectivity index (χ1) is 10.0. The van der Waals surface area contributed by atoms with E-state index in [4.69, 9.17) is 0 Å². The van der Waals surface area contributed by atoms with Gasteiger partial charge < -0.3 is 10.0 Å². The minimum atomic E-state index is -0.674. The van der Waals surface area contributed by atoms with E-state index >= 15 is 0 Å². The van der Waals surface area contributed by atoms with E-state index in [1.54, 1.807) is 6.07 Å². The highest BCUT2D eigenvalue weighted by Crippen LogP contribution is 2.34. The third-order valence-electron chi connectivity index (χ3n) is 3.79. The van der Waals surface area contributed by atoms with Crippen molar-refractivity contribution in [2.24, 2.45) is 0 Å². The van der Waals surface area contributed by atoms with Gasteiger partial charge in [0.05, 0.1) is 16.0 Å². The Labute approximate surface area is 121 Å². The van der Waals surface area contributed by atoms with Crippen LogP contribution in [0, 0.1) is 10.1 Å². The molecule has 0 aliphatic carbocycles. The largest absolute Gasteiger partial charge is 0.386 e. The summed E-state index contributed by atoms with van der Waals surface area (Å²) in [6.07, 6.45) is 3.10. The molecule has 1 saturated heterocycles. The molecule has 0 unspecified atom stereocenters. The molecule has 0 spiro atoms. The Morgan fingerprint density at radius 2 is 2.19 bits per heavy atom. The van der Waals surface area contributed by atoms with Gasteiger partial charge in [-0.2, -0.15) is 0 Å². The summed E-state index contributed by atoms with van der Waals surface area (Å²) >= 11 is 0. The molecular weight excluding hydrogens is 272 g/mol. The number of fused-ring (bicyclic) bond motifs is 1. The van der Waals surface area contributed by atoms with Crippen molar-refractivity contribution >= 4 is 22.4 Å². The SMILES string of the molecule is CCCC1(O)CN(c2ncnc3ccc([N+](=O)[O-])cc23)C1. The molecule has 110 valence electrons. The maximum absolute atomic E-state index is 10.9. The number of aromatic nitrogens is 2. The fourth-order valence-corrected chi connectivity index (χ4v) is 2.83. The summed E-state index contributed by atoms with van der Waals surface area (Å²) in [6, 6.07) is 4.54. The number of β-amino-alcohol motifs (C(OH)–C–C–N with tert-alkyl or cyclic N) is 1. The molecule has 1 aromatic heterocycles. The molecule has 2 heterocycles. The standard InChI is InChI=1S/C14H16N4O3/c1-2-5-14(19)7-17(8-14)13-11-6-10(18(20)21)3-4-12(11)15-9-16-13/h3-4,6,9,19H,2,5,7-8H2,1H3. The third-order valence-corrected chi connectivity index (χ3v) is 3.79. The third kappa shape index (κ3) is 2.40. The molecule has 3 rings (SSSR count). The number of nitrogens with zero attached hydrogens (tertiary/aromatic N) is 4. The van der Waals surface area contributed by atoms with Crippen molar-refractivity contribution in [3.8, 4) is 0 Å². The summed E-state index contributed by atoms with van der Waals surface area (Å²) in [6.45, 7) is 3.02. The van der Waals surface area contributed by atoms with Gasteiger partial charge in [0.25, 0.3) is 5.69 Å². The van der Waals surface area contributed by atoms with Crippen LogP contribution in [0.15, 0.2) is 24.5 Å². The van der Waals surface area contributed by atoms with Crippen LogP contribution in [-0.2, 0) is 0 Å². The molecule has 1 aliphatic heterocycles. The molecule has 0 radical (unpaired) electrons. The fourth-order valence-electron chi connectivity index (χ4n) is 2.83. The van der Waals surface area contributed by atoms with Gasteiger partial charge in [-0.1, -0.05) is 13.3 Å². The van der Waals surface area contributed by atoms with Gasteiger partial charge in [-0.25, -0.2) is 9.97 Å². The Morgan fingerprint density at radius 3 is 2.86 bits per heavy atom. The minimum absolute atomic E-state index is 0.0166. The highest BCUT2D eigenvalue weighted by Gasteiger charge is 2.41. The number of aliphatic hydroxyl groups is 1. The minimum Gasteiger partial charge on any atom is -0.386 e. The first kappa shape index (κ1) is 13.7. The van der Waals surface area contributed by atoms with Gasteiger partial charge in [0, 0.05) is 30.6 Å². The van der Waals surface area contributed by atoms with Gasteiger partial charge in [0.2, 0.25) is 0 Å². The van der Waals surface area contributed by atoms with Gasteiger partial charge in [0.15, 0.2) is 0 Å². The van der Waals surface area contributed by atoms with Gasteiger partial charge in [0.1, 0.15) is 12.1 Å². The summed E-state index contributed by atoms with van der Waals surface area (Å²) in [5.41, 5.74) is 0.00615. The van der Waals surface area contributed by atoms with Crippen molar-refractivity contribution in [1.82, 2.24) is 9.97 Å². The Morgan fingerprint density at radius 1 is 1.43 bits per heavy atom. The predicted molar refractivity (Wildman–Crippen MR) is 78.3 cm³/mol. The topological polar surface area (TPSA) is 92.4 Å². The maximum Gasteiger partial charge on any atom is 0.270 e. The lowest BCUT2D eigenvalue weighted by atomic mass is 9.89. The first-order valence-electron chi connectivity index (χ1n) is 6.89. The molecular formula is C14H16N4O3. The van der Waals surface area contributed by atoms with E-state index < -0.39 is 10.5 Å². The van der Waals surface area contributed by atoms with Crippen molar-refractivity contribution in [1.29, 1.82) is 0 Å². The lowest BCUT2D eigenvalue weighted by molar-refractivity contribution is -0.384. The van der Waals surface area contributed by atoms with E-state index in [0.717, 1.165) is 12.8 Å². The van der Waals surface area contributed by atoms with Crippen molar-refractivity contribution in [2.45, 2.75) is 25.4 Å². The molecule has 2 aromatic rings. The van der Waals surface area contributed by atoms with Crippen LogP contribution in [0.5, 0.6) is 0 Å². The summed E-state index contributed by atoms with van der Waals surface area (Å²) in [7, 11) is 0. The zero-order valence-electron chi connectivity index (χ0n) is 11.7. The normalized spacial score (nSPS) is 16.8. The average Bonchev–Trinajstić information content (AvgIpc) is 2.43. The Bertz CT molecular complexity index is 698. The van der Waals surface area contributed by atoms with E-state index in [-0.39, 0.29) is 5.69 Å². The highest BCUT2D eigenvalue weighted by molar-refractivity contribution is 5.91. The average molecular weight is 288 g/mol. The molecule has 0 atom stereocenters. The summed E-state index contributed by atoms with van der Waals surface area (Å²) in [5, 5.41) is 21.8. The monoisotopic (exact) mass is 288 g/mol. The number of non-ortho nitro benzene ring substituents is 1. The van der Waals surface area contributed by atoms with Gasteiger partial charge in [-0.3, -0.25) is 10.1 Å². The Hall–Kier alpha value is -2.28. The van der Waals surface area contributed by atoms with Crippen LogP contribution in [-0.4, -0.2) is 38.7 Å². The van der Waals surface area contributed by atoms with E-state index in [9.17, 15) is 15.2 Å². The lowest BCUT2D eigenvalue weighted by Crippen LogP contribution is -2.62. The second-order valence-electron chi connectivity index (χ2n) is 5.49. The van der Waals surface area contributed by atoms with Gasteiger partial charge in [-0.05, 0) is 12.5 Å². The van der Waals surface area contributed by atoms with E-state index in [0.29, 0.717) is 29.8 Å². The van der Waals surface area contributed by atoms with Crippen LogP contribution in [0.1, 0.15) is 19.8 Å². The van der Waals surface area contributed by atoms with Gasteiger partial charge >= 0.3 is 0 Å². The number of hydrogen-bond donors (Lipinski definition) is 1. The van der Waals surface area contributed by atoms with Crippen LogP contribution in [0.3, 0.4) is 0 Å². The Balaban J connectivity index is 1.96. The molecule has 7 heteroatoms. The van der Waals surface area contributed by atoms with Crippen molar-refractivity contribution in [2.75, 3.05) is 18.0 Å².